The van der Waals surface area contributed by atoms with Gasteiger partial charge in [-0.3, -0.25) is 0 Å². The van der Waals surface area contributed by atoms with Gasteiger partial charge in [0.1, 0.15) is 5.75 Å². The maximum absolute atomic E-state index is 9.02. The number of halogens is 1. The third-order valence-electron chi connectivity index (χ3n) is 1.69. The van der Waals surface area contributed by atoms with Crippen LogP contribution in [0, 0.1) is 0 Å². The van der Waals surface area contributed by atoms with Crippen molar-refractivity contribution in [2.45, 2.75) is 13.5 Å². The van der Waals surface area contributed by atoms with Crippen LogP contribution in [0.15, 0.2) is 18.2 Å². The summed E-state index contributed by atoms with van der Waals surface area (Å²) in [4.78, 5) is 0. The Balaban J connectivity index is 2.65. The molecule has 4 heteroatoms. The standard InChI is InChI=1S/C10H13ClO3/c1-2-13-7-14-10-4-3-9(11)5-8(10)6-12/h3-5,12H,2,6-7H2,1H3. The molecule has 1 aromatic rings. The second-order valence-electron chi connectivity index (χ2n) is 2.67. The van der Waals surface area contributed by atoms with Crippen molar-refractivity contribution in [2.24, 2.45) is 0 Å². The minimum Gasteiger partial charge on any atom is -0.467 e. The van der Waals surface area contributed by atoms with Gasteiger partial charge >= 0.3 is 0 Å². The van der Waals surface area contributed by atoms with Gasteiger partial charge in [0.05, 0.1) is 6.61 Å². The predicted octanol–water partition coefficient (Wildman–Crippen LogP) is 2.21. The Hall–Kier alpha value is -0.770. The van der Waals surface area contributed by atoms with Gasteiger partial charge in [0.2, 0.25) is 0 Å². The van der Waals surface area contributed by atoms with Gasteiger partial charge in [0.25, 0.3) is 0 Å². The first-order valence-corrected chi connectivity index (χ1v) is 4.75. The van der Waals surface area contributed by atoms with Crippen molar-refractivity contribution in [3.05, 3.63) is 28.8 Å². The Bertz CT molecular complexity index is 289. The fourth-order valence-corrected chi connectivity index (χ4v) is 1.20. The molecule has 1 rings (SSSR count). The first kappa shape index (κ1) is 11.3. The van der Waals surface area contributed by atoms with E-state index in [1.54, 1.807) is 18.2 Å². The van der Waals surface area contributed by atoms with E-state index in [0.717, 1.165) is 0 Å². The molecular weight excluding hydrogens is 204 g/mol. The van der Waals surface area contributed by atoms with E-state index >= 15 is 0 Å². The molecular formula is C10H13ClO3. The van der Waals surface area contributed by atoms with Crippen molar-refractivity contribution < 1.29 is 14.6 Å². The van der Waals surface area contributed by atoms with Crippen LogP contribution < -0.4 is 4.74 Å². The molecule has 1 N–H and O–H groups in total. The number of hydrogen-bond acceptors (Lipinski definition) is 3. The Morgan fingerprint density at radius 1 is 1.43 bits per heavy atom. The summed E-state index contributed by atoms with van der Waals surface area (Å²) in [5.74, 6) is 0.602. The third-order valence-corrected chi connectivity index (χ3v) is 1.93. The smallest absolute Gasteiger partial charge is 0.189 e. The lowest BCUT2D eigenvalue weighted by Crippen LogP contribution is -2.04. The SMILES string of the molecule is CCOCOc1ccc(Cl)cc1CO. The van der Waals surface area contributed by atoms with Crippen molar-refractivity contribution in [3.63, 3.8) is 0 Å². The molecule has 0 aliphatic rings. The van der Waals surface area contributed by atoms with Crippen molar-refractivity contribution in [1.82, 2.24) is 0 Å². The maximum Gasteiger partial charge on any atom is 0.189 e. The summed E-state index contributed by atoms with van der Waals surface area (Å²) in [5.41, 5.74) is 0.664. The third kappa shape index (κ3) is 3.18. The highest BCUT2D eigenvalue weighted by molar-refractivity contribution is 6.30. The van der Waals surface area contributed by atoms with Gasteiger partial charge in [-0.2, -0.15) is 0 Å². The molecule has 0 heterocycles. The quantitative estimate of drug-likeness (QED) is 0.606. The molecule has 0 spiro atoms. The number of aliphatic hydroxyl groups is 1. The predicted molar refractivity (Wildman–Crippen MR) is 54.5 cm³/mol. The molecule has 0 fully saturated rings. The zero-order chi connectivity index (χ0) is 10.4. The molecule has 0 radical (unpaired) electrons. The maximum atomic E-state index is 9.02. The fourth-order valence-electron chi connectivity index (χ4n) is 1.00. The highest BCUT2D eigenvalue weighted by Crippen LogP contribution is 2.22. The summed E-state index contributed by atoms with van der Waals surface area (Å²) < 4.78 is 10.3. The summed E-state index contributed by atoms with van der Waals surface area (Å²) >= 11 is 5.76. The van der Waals surface area contributed by atoms with Crippen LogP contribution >= 0.6 is 11.6 Å². The highest BCUT2D eigenvalue weighted by Gasteiger charge is 2.03. The zero-order valence-electron chi connectivity index (χ0n) is 8.00. The van der Waals surface area contributed by atoms with Gasteiger partial charge in [-0.25, -0.2) is 0 Å². The summed E-state index contributed by atoms with van der Waals surface area (Å²) in [7, 11) is 0. The molecule has 14 heavy (non-hydrogen) atoms. The van der Waals surface area contributed by atoms with E-state index < -0.39 is 0 Å². The Labute approximate surface area is 88.2 Å². The van der Waals surface area contributed by atoms with E-state index in [-0.39, 0.29) is 13.4 Å². The lowest BCUT2D eigenvalue weighted by molar-refractivity contribution is 0.0212. The van der Waals surface area contributed by atoms with E-state index in [9.17, 15) is 0 Å². The Kier molecular flexibility index (Phi) is 4.73. The minimum atomic E-state index is -0.0952. The number of rotatable bonds is 5. The molecule has 3 nitrogen and oxygen atoms in total. The first-order chi connectivity index (χ1) is 6.77. The van der Waals surface area contributed by atoms with Gasteiger partial charge in [-0.05, 0) is 25.1 Å². The zero-order valence-corrected chi connectivity index (χ0v) is 8.75. The van der Waals surface area contributed by atoms with Crippen molar-refractivity contribution >= 4 is 11.6 Å². The second kappa shape index (κ2) is 5.86. The van der Waals surface area contributed by atoms with Crippen LogP contribution in [0.5, 0.6) is 5.75 Å². The minimum absolute atomic E-state index is 0.0952. The van der Waals surface area contributed by atoms with Crippen LogP contribution in [-0.2, 0) is 11.3 Å². The molecule has 0 unspecified atom stereocenters. The van der Waals surface area contributed by atoms with E-state index in [1.807, 2.05) is 6.92 Å². The summed E-state index contributed by atoms with van der Waals surface area (Å²) in [6.07, 6.45) is 0. The van der Waals surface area contributed by atoms with Crippen molar-refractivity contribution in [1.29, 1.82) is 0 Å². The highest BCUT2D eigenvalue weighted by atomic mass is 35.5. The van der Waals surface area contributed by atoms with Crippen molar-refractivity contribution in [3.8, 4) is 5.75 Å². The largest absolute Gasteiger partial charge is 0.467 e. The molecule has 0 aliphatic heterocycles. The molecule has 0 amide bonds. The van der Waals surface area contributed by atoms with Gasteiger partial charge in [-0.1, -0.05) is 11.6 Å². The molecule has 0 bridgehead atoms. The van der Waals surface area contributed by atoms with E-state index in [0.29, 0.717) is 22.9 Å². The molecule has 0 aromatic heterocycles. The second-order valence-corrected chi connectivity index (χ2v) is 3.10. The molecule has 0 saturated heterocycles. The first-order valence-electron chi connectivity index (χ1n) is 4.37. The normalized spacial score (nSPS) is 10.2. The van der Waals surface area contributed by atoms with Gasteiger partial charge in [0, 0.05) is 17.2 Å². The molecule has 0 aliphatic carbocycles. The number of hydrogen-bond donors (Lipinski definition) is 1. The van der Waals surface area contributed by atoms with Gasteiger partial charge in [0.15, 0.2) is 6.79 Å². The van der Waals surface area contributed by atoms with E-state index in [2.05, 4.69) is 0 Å². The van der Waals surface area contributed by atoms with Gasteiger partial charge < -0.3 is 14.6 Å². The lowest BCUT2D eigenvalue weighted by atomic mass is 10.2. The lowest BCUT2D eigenvalue weighted by Gasteiger charge is -2.09. The van der Waals surface area contributed by atoms with Crippen LogP contribution in [0.1, 0.15) is 12.5 Å². The van der Waals surface area contributed by atoms with Crippen molar-refractivity contribution in [2.75, 3.05) is 13.4 Å². The average Bonchev–Trinajstić information content (AvgIpc) is 2.20. The molecule has 1 aromatic carbocycles. The van der Waals surface area contributed by atoms with Crippen LogP contribution in [0.4, 0.5) is 0 Å². The van der Waals surface area contributed by atoms with Gasteiger partial charge in [-0.15, -0.1) is 0 Å². The van der Waals surface area contributed by atoms with Crippen LogP contribution in [0.25, 0.3) is 0 Å². The topological polar surface area (TPSA) is 38.7 Å². The molecule has 0 saturated carbocycles. The summed E-state index contributed by atoms with van der Waals surface area (Å²) in [6, 6.07) is 5.09. The Morgan fingerprint density at radius 2 is 2.21 bits per heavy atom. The number of ether oxygens (including phenoxy) is 2. The van der Waals surface area contributed by atoms with E-state index in [1.165, 1.54) is 0 Å². The molecule has 0 atom stereocenters. The molecule has 78 valence electrons. The fraction of sp³-hybridized carbons (Fsp3) is 0.400. The monoisotopic (exact) mass is 216 g/mol. The summed E-state index contributed by atoms with van der Waals surface area (Å²) in [5, 5.41) is 9.60. The van der Waals surface area contributed by atoms with Crippen LogP contribution in [0.3, 0.4) is 0 Å². The van der Waals surface area contributed by atoms with Crippen LogP contribution in [0.2, 0.25) is 5.02 Å². The summed E-state index contributed by atoms with van der Waals surface area (Å²) in [6.45, 7) is 2.58. The Morgan fingerprint density at radius 3 is 2.86 bits per heavy atom. The number of benzene rings is 1. The van der Waals surface area contributed by atoms with E-state index in [4.69, 9.17) is 26.2 Å². The average molecular weight is 217 g/mol. The van der Waals surface area contributed by atoms with Crippen LogP contribution in [-0.4, -0.2) is 18.5 Å². The number of aliphatic hydroxyl groups excluding tert-OH is 1.